The zero-order valence-corrected chi connectivity index (χ0v) is 11.7. The van der Waals surface area contributed by atoms with Gasteiger partial charge in [0.15, 0.2) is 23.1 Å². The van der Waals surface area contributed by atoms with Crippen LogP contribution in [0.4, 0.5) is 13.2 Å². The highest BCUT2D eigenvalue weighted by molar-refractivity contribution is 5.87. The quantitative estimate of drug-likeness (QED) is 0.645. The Hall–Kier alpha value is -2.31. The lowest BCUT2D eigenvalue weighted by Gasteiger charge is -2.10. The molecule has 0 spiro atoms. The summed E-state index contributed by atoms with van der Waals surface area (Å²) in [7, 11) is 1.20. The Morgan fingerprint density at radius 1 is 1.19 bits per heavy atom. The van der Waals surface area contributed by atoms with Gasteiger partial charge in [0.1, 0.15) is 0 Å². The van der Waals surface area contributed by atoms with E-state index in [1.807, 2.05) is 13.8 Å². The molecular weight excluding hydrogens is 285 g/mol. The monoisotopic (exact) mass is 298 g/mol. The number of halogens is 3. The van der Waals surface area contributed by atoms with Gasteiger partial charge in [-0.3, -0.25) is 0 Å². The molecule has 0 N–H and O–H groups in total. The van der Waals surface area contributed by atoms with Gasteiger partial charge < -0.3 is 4.74 Å². The summed E-state index contributed by atoms with van der Waals surface area (Å²) < 4.78 is 45.5. The summed E-state index contributed by atoms with van der Waals surface area (Å²) in [4.78, 5) is 11.5. The normalized spacial score (nSPS) is 11.0. The minimum absolute atomic E-state index is 0.00587. The average Bonchev–Trinajstić information content (AvgIpc) is 2.88. The van der Waals surface area contributed by atoms with Crippen LogP contribution in [0.5, 0.6) is 0 Å². The zero-order valence-electron chi connectivity index (χ0n) is 11.7. The van der Waals surface area contributed by atoms with E-state index in [0.29, 0.717) is 5.69 Å². The van der Waals surface area contributed by atoms with Crippen molar-refractivity contribution in [2.24, 2.45) is 0 Å². The minimum atomic E-state index is -1.55. The molecule has 0 saturated heterocycles. The number of hydrogen-bond donors (Lipinski definition) is 0. The summed E-state index contributed by atoms with van der Waals surface area (Å²) in [6.07, 6.45) is 0. The van der Waals surface area contributed by atoms with E-state index in [4.69, 9.17) is 0 Å². The number of hydrogen-bond acceptors (Lipinski definition) is 3. The molecule has 0 aliphatic rings. The summed E-state index contributed by atoms with van der Waals surface area (Å²) in [6.45, 7) is 3.65. The van der Waals surface area contributed by atoms with E-state index in [0.717, 1.165) is 12.1 Å². The molecule has 0 fully saturated rings. The van der Waals surface area contributed by atoms with Crippen LogP contribution in [-0.2, 0) is 4.74 Å². The van der Waals surface area contributed by atoms with Crippen molar-refractivity contribution in [3.63, 3.8) is 0 Å². The smallest absolute Gasteiger partial charge is 0.358 e. The van der Waals surface area contributed by atoms with Gasteiger partial charge in [-0.15, -0.1) is 0 Å². The predicted octanol–water partition coefficient (Wildman–Crippen LogP) is 3.20. The van der Waals surface area contributed by atoms with Crippen LogP contribution in [0.1, 0.15) is 35.9 Å². The van der Waals surface area contributed by atoms with Crippen molar-refractivity contribution >= 4 is 5.97 Å². The molecular formula is C14H13F3N2O2. The van der Waals surface area contributed by atoms with Crippen LogP contribution < -0.4 is 0 Å². The molecule has 0 unspecified atom stereocenters. The predicted molar refractivity (Wildman–Crippen MR) is 68.9 cm³/mol. The van der Waals surface area contributed by atoms with E-state index in [2.05, 4.69) is 9.84 Å². The molecule has 0 saturated carbocycles. The first kappa shape index (κ1) is 15.1. The van der Waals surface area contributed by atoms with Crippen LogP contribution in [0.2, 0.25) is 0 Å². The van der Waals surface area contributed by atoms with Crippen LogP contribution >= 0.6 is 0 Å². The van der Waals surface area contributed by atoms with Crippen molar-refractivity contribution in [3.05, 3.63) is 47.0 Å². The molecule has 2 aromatic rings. The third-order valence-corrected chi connectivity index (χ3v) is 2.94. The molecule has 4 nitrogen and oxygen atoms in total. The third kappa shape index (κ3) is 2.76. The fraction of sp³-hybridized carbons (Fsp3) is 0.286. The van der Waals surface area contributed by atoms with Crippen LogP contribution in [0.15, 0.2) is 18.2 Å². The standard InChI is InChI=1S/C14H13F3N2O2/c1-7(2)12-6-11(14(20)21-3)18-19(12)8-4-9(15)13(17)10(16)5-8/h4-7H,1-3H3. The Morgan fingerprint density at radius 2 is 1.76 bits per heavy atom. The molecule has 0 amide bonds. The molecule has 21 heavy (non-hydrogen) atoms. The lowest BCUT2D eigenvalue weighted by molar-refractivity contribution is 0.0593. The number of carbonyl (C=O) groups is 1. The first-order valence-electron chi connectivity index (χ1n) is 6.18. The van der Waals surface area contributed by atoms with Gasteiger partial charge in [-0.25, -0.2) is 22.6 Å². The summed E-state index contributed by atoms with van der Waals surface area (Å²) in [5.41, 5.74) is 0.539. The Kier molecular flexibility index (Phi) is 4.02. The second-order valence-electron chi connectivity index (χ2n) is 4.74. The van der Waals surface area contributed by atoms with E-state index in [-0.39, 0.29) is 17.3 Å². The summed E-state index contributed by atoms with van der Waals surface area (Å²) in [5, 5.41) is 3.97. The first-order chi connectivity index (χ1) is 9.85. The zero-order chi connectivity index (χ0) is 15.7. The Bertz CT molecular complexity index is 673. The molecule has 0 aliphatic carbocycles. The van der Waals surface area contributed by atoms with Gasteiger partial charge in [-0.2, -0.15) is 5.10 Å². The number of benzene rings is 1. The minimum Gasteiger partial charge on any atom is -0.464 e. The molecule has 0 atom stereocenters. The second-order valence-corrected chi connectivity index (χ2v) is 4.74. The number of nitrogens with zero attached hydrogens (tertiary/aromatic N) is 2. The molecule has 1 heterocycles. The molecule has 1 aromatic carbocycles. The van der Waals surface area contributed by atoms with E-state index < -0.39 is 23.4 Å². The maximum atomic E-state index is 13.3. The van der Waals surface area contributed by atoms with Crippen LogP contribution in [0.3, 0.4) is 0 Å². The number of ether oxygens (including phenoxy) is 1. The lowest BCUT2D eigenvalue weighted by Crippen LogP contribution is -2.07. The topological polar surface area (TPSA) is 44.1 Å². The fourth-order valence-corrected chi connectivity index (χ4v) is 1.88. The van der Waals surface area contributed by atoms with Crippen molar-refractivity contribution in [2.75, 3.05) is 7.11 Å². The van der Waals surface area contributed by atoms with Gasteiger partial charge in [0.2, 0.25) is 0 Å². The Labute approximate surface area is 119 Å². The maximum absolute atomic E-state index is 13.3. The molecule has 0 radical (unpaired) electrons. The van der Waals surface area contributed by atoms with Crippen LogP contribution in [-0.4, -0.2) is 22.9 Å². The number of carbonyl (C=O) groups excluding carboxylic acids is 1. The third-order valence-electron chi connectivity index (χ3n) is 2.94. The van der Waals surface area contributed by atoms with Crippen molar-refractivity contribution < 1.29 is 22.7 Å². The van der Waals surface area contributed by atoms with Gasteiger partial charge in [0.05, 0.1) is 12.8 Å². The number of rotatable bonds is 3. The highest BCUT2D eigenvalue weighted by atomic mass is 19.2. The van der Waals surface area contributed by atoms with Crippen molar-refractivity contribution in [1.82, 2.24) is 9.78 Å². The van der Waals surface area contributed by atoms with Crippen molar-refractivity contribution in [2.45, 2.75) is 19.8 Å². The molecule has 7 heteroatoms. The highest BCUT2D eigenvalue weighted by Crippen LogP contribution is 2.23. The number of aromatic nitrogens is 2. The number of esters is 1. The maximum Gasteiger partial charge on any atom is 0.358 e. The lowest BCUT2D eigenvalue weighted by atomic mass is 10.1. The van der Waals surface area contributed by atoms with Crippen molar-refractivity contribution in [1.29, 1.82) is 0 Å². The Balaban J connectivity index is 2.62. The van der Waals surface area contributed by atoms with E-state index in [1.165, 1.54) is 17.9 Å². The molecule has 2 rings (SSSR count). The molecule has 112 valence electrons. The Morgan fingerprint density at radius 3 is 2.24 bits per heavy atom. The number of methoxy groups -OCH3 is 1. The van der Waals surface area contributed by atoms with Gasteiger partial charge in [0, 0.05) is 17.8 Å². The van der Waals surface area contributed by atoms with E-state index in [1.54, 1.807) is 0 Å². The fourth-order valence-electron chi connectivity index (χ4n) is 1.88. The highest BCUT2D eigenvalue weighted by Gasteiger charge is 2.20. The summed E-state index contributed by atoms with van der Waals surface area (Å²) >= 11 is 0. The molecule has 1 aromatic heterocycles. The average molecular weight is 298 g/mol. The van der Waals surface area contributed by atoms with Crippen LogP contribution in [0.25, 0.3) is 5.69 Å². The molecule has 0 bridgehead atoms. The van der Waals surface area contributed by atoms with Crippen LogP contribution in [0, 0.1) is 17.5 Å². The van der Waals surface area contributed by atoms with Gasteiger partial charge in [-0.1, -0.05) is 13.8 Å². The second kappa shape index (κ2) is 5.59. The largest absolute Gasteiger partial charge is 0.464 e. The van der Waals surface area contributed by atoms with Gasteiger partial charge >= 0.3 is 5.97 Å². The van der Waals surface area contributed by atoms with Gasteiger partial charge in [0.25, 0.3) is 0 Å². The van der Waals surface area contributed by atoms with Gasteiger partial charge in [-0.05, 0) is 12.0 Å². The first-order valence-corrected chi connectivity index (χ1v) is 6.18. The summed E-state index contributed by atoms with van der Waals surface area (Å²) in [6, 6.07) is 3.10. The molecule has 0 aliphatic heterocycles. The SMILES string of the molecule is COC(=O)c1cc(C(C)C)n(-c2cc(F)c(F)c(F)c2)n1. The van der Waals surface area contributed by atoms with Crippen molar-refractivity contribution in [3.8, 4) is 5.69 Å². The van der Waals surface area contributed by atoms with E-state index in [9.17, 15) is 18.0 Å². The van der Waals surface area contributed by atoms with E-state index >= 15 is 0 Å². The summed E-state index contributed by atoms with van der Waals surface area (Å²) in [5.74, 6) is -4.94.